The first kappa shape index (κ1) is 17.4. The Morgan fingerprint density at radius 2 is 2.19 bits per heavy atom. The van der Waals surface area contributed by atoms with Gasteiger partial charge < -0.3 is 20.5 Å². The highest BCUT2D eigenvalue weighted by molar-refractivity contribution is 5.77. The zero-order chi connectivity index (χ0) is 15.5. The van der Waals surface area contributed by atoms with Crippen LogP contribution in [0.15, 0.2) is 24.3 Å². The van der Waals surface area contributed by atoms with Gasteiger partial charge in [-0.05, 0) is 24.7 Å². The number of rotatable bonds is 10. The third-order valence-corrected chi connectivity index (χ3v) is 2.92. The smallest absolute Gasteiger partial charge is 0.234 e. The molecule has 0 heterocycles. The maximum absolute atomic E-state index is 11.6. The van der Waals surface area contributed by atoms with E-state index in [1.54, 1.807) is 7.11 Å². The number of nitrogens with two attached hydrogens (primary N) is 1. The van der Waals surface area contributed by atoms with Gasteiger partial charge in [-0.1, -0.05) is 12.1 Å². The lowest BCUT2D eigenvalue weighted by atomic mass is 10.2. The summed E-state index contributed by atoms with van der Waals surface area (Å²) in [7, 11) is 3.49. The number of nitrogens with zero attached hydrogens (tertiary/aromatic N) is 1. The first-order valence-electron chi connectivity index (χ1n) is 7.01. The van der Waals surface area contributed by atoms with Crippen LogP contribution in [0.3, 0.4) is 0 Å². The lowest BCUT2D eigenvalue weighted by molar-refractivity contribution is -0.122. The van der Waals surface area contributed by atoms with Crippen LogP contribution in [0.5, 0.6) is 5.75 Å². The van der Waals surface area contributed by atoms with Gasteiger partial charge in [0, 0.05) is 26.7 Å². The van der Waals surface area contributed by atoms with Crippen LogP contribution in [-0.2, 0) is 16.1 Å². The average molecular weight is 295 g/mol. The highest BCUT2D eigenvalue weighted by Crippen LogP contribution is 2.12. The summed E-state index contributed by atoms with van der Waals surface area (Å²) in [6, 6.07) is 7.71. The maximum Gasteiger partial charge on any atom is 0.234 e. The van der Waals surface area contributed by atoms with Crippen molar-refractivity contribution in [2.75, 3.05) is 47.0 Å². The molecule has 1 rings (SSSR count). The molecule has 0 radical (unpaired) electrons. The monoisotopic (exact) mass is 295 g/mol. The van der Waals surface area contributed by atoms with E-state index in [4.69, 9.17) is 15.2 Å². The minimum atomic E-state index is -0.0142. The summed E-state index contributed by atoms with van der Waals surface area (Å²) in [5.41, 5.74) is 6.62. The number of ether oxygens (including phenoxy) is 2. The standard InChI is InChI=1S/C15H25N3O3/c1-18(12-15(19)17-6-8-20-2)7-9-21-14-5-3-4-13(10-14)11-16/h3-5,10H,6-9,11-12,16H2,1-2H3,(H,17,19). The van der Waals surface area contributed by atoms with Crippen LogP contribution in [-0.4, -0.2) is 57.8 Å². The molecule has 0 fully saturated rings. The summed E-state index contributed by atoms with van der Waals surface area (Å²) in [6.07, 6.45) is 0. The summed E-state index contributed by atoms with van der Waals surface area (Å²) in [6.45, 7) is 3.09. The van der Waals surface area contributed by atoms with Gasteiger partial charge >= 0.3 is 0 Å². The van der Waals surface area contributed by atoms with Gasteiger partial charge in [0.05, 0.1) is 13.2 Å². The Hall–Kier alpha value is -1.63. The van der Waals surface area contributed by atoms with Crippen LogP contribution >= 0.6 is 0 Å². The van der Waals surface area contributed by atoms with Crippen molar-refractivity contribution in [3.8, 4) is 5.75 Å². The Kier molecular flexibility index (Phi) is 8.42. The molecule has 0 aliphatic heterocycles. The maximum atomic E-state index is 11.6. The van der Waals surface area contributed by atoms with E-state index in [1.165, 1.54) is 0 Å². The molecule has 1 aromatic carbocycles. The van der Waals surface area contributed by atoms with E-state index in [2.05, 4.69) is 5.32 Å². The van der Waals surface area contributed by atoms with Crippen LogP contribution in [0.25, 0.3) is 0 Å². The van der Waals surface area contributed by atoms with Gasteiger partial charge in [0.2, 0.25) is 5.91 Å². The van der Waals surface area contributed by atoms with Crippen molar-refractivity contribution in [2.24, 2.45) is 5.73 Å². The molecule has 0 atom stereocenters. The summed E-state index contributed by atoms with van der Waals surface area (Å²) < 4.78 is 10.5. The van der Waals surface area contributed by atoms with Crippen molar-refractivity contribution in [2.45, 2.75) is 6.54 Å². The van der Waals surface area contributed by atoms with Crippen LogP contribution in [0.1, 0.15) is 5.56 Å². The average Bonchev–Trinajstić information content (AvgIpc) is 2.47. The molecule has 0 spiro atoms. The largest absolute Gasteiger partial charge is 0.492 e. The van der Waals surface area contributed by atoms with E-state index in [9.17, 15) is 4.79 Å². The molecule has 0 aliphatic rings. The number of amides is 1. The van der Waals surface area contributed by atoms with Gasteiger partial charge in [0.25, 0.3) is 0 Å². The molecular weight excluding hydrogens is 270 g/mol. The summed E-state index contributed by atoms with van der Waals surface area (Å²) in [4.78, 5) is 13.5. The second-order valence-electron chi connectivity index (χ2n) is 4.78. The number of benzene rings is 1. The fourth-order valence-electron chi connectivity index (χ4n) is 1.75. The molecule has 1 amide bonds. The number of likely N-dealkylation sites (N-methyl/N-ethyl adjacent to an activating group) is 1. The molecule has 0 saturated carbocycles. The van der Waals surface area contributed by atoms with Gasteiger partial charge in [-0.3, -0.25) is 9.69 Å². The van der Waals surface area contributed by atoms with Crippen LogP contribution in [0.2, 0.25) is 0 Å². The van der Waals surface area contributed by atoms with Gasteiger partial charge in [-0.2, -0.15) is 0 Å². The normalized spacial score (nSPS) is 10.7. The van der Waals surface area contributed by atoms with Gasteiger partial charge in [0.15, 0.2) is 0 Å². The summed E-state index contributed by atoms with van der Waals surface area (Å²) >= 11 is 0. The summed E-state index contributed by atoms with van der Waals surface area (Å²) in [5, 5.41) is 2.78. The van der Waals surface area contributed by atoms with Crippen LogP contribution < -0.4 is 15.8 Å². The molecule has 0 saturated heterocycles. The minimum absolute atomic E-state index is 0.0142. The lowest BCUT2D eigenvalue weighted by Gasteiger charge is -2.16. The second-order valence-corrected chi connectivity index (χ2v) is 4.78. The van der Waals surface area contributed by atoms with E-state index in [-0.39, 0.29) is 5.91 Å². The number of methoxy groups -OCH3 is 1. The molecule has 0 bridgehead atoms. The first-order valence-corrected chi connectivity index (χ1v) is 7.01. The predicted molar refractivity (Wildman–Crippen MR) is 82.2 cm³/mol. The minimum Gasteiger partial charge on any atom is -0.492 e. The topological polar surface area (TPSA) is 76.8 Å². The van der Waals surface area contributed by atoms with E-state index >= 15 is 0 Å². The number of hydrogen-bond acceptors (Lipinski definition) is 5. The Bertz CT molecular complexity index is 426. The Morgan fingerprint density at radius 3 is 2.90 bits per heavy atom. The van der Waals surface area contributed by atoms with Crippen molar-refractivity contribution in [1.29, 1.82) is 0 Å². The second kappa shape index (κ2) is 10.1. The fraction of sp³-hybridized carbons (Fsp3) is 0.533. The van der Waals surface area contributed by atoms with Crippen molar-refractivity contribution in [3.05, 3.63) is 29.8 Å². The van der Waals surface area contributed by atoms with Gasteiger partial charge in [-0.15, -0.1) is 0 Å². The quantitative estimate of drug-likeness (QED) is 0.604. The molecule has 0 aliphatic carbocycles. The Labute approximate surface area is 126 Å². The number of nitrogens with one attached hydrogen (secondary N) is 1. The SMILES string of the molecule is COCCNC(=O)CN(C)CCOc1cccc(CN)c1. The molecule has 1 aromatic rings. The third kappa shape index (κ3) is 7.65. The Balaban J connectivity index is 2.20. The third-order valence-electron chi connectivity index (χ3n) is 2.92. The Morgan fingerprint density at radius 1 is 1.38 bits per heavy atom. The van der Waals surface area contributed by atoms with Crippen molar-refractivity contribution >= 4 is 5.91 Å². The molecule has 3 N–H and O–H groups in total. The number of hydrogen-bond donors (Lipinski definition) is 2. The van der Waals surface area contributed by atoms with Crippen molar-refractivity contribution in [1.82, 2.24) is 10.2 Å². The molecule has 6 heteroatoms. The molecule has 0 unspecified atom stereocenters. The van der Waals surface area contributed by atoms with Crippen molar-refractivity contribution in [3.63, 3.8) is 0 Å². The predicted octanol–water partition coefficient (Wildman–Crippen LogP) is 0.219. The highest BCUT2D eigenvalue weighted by atomic mass is 16.5. The van der Waals surface area contributed by atoms with Crippen LogP contribution in [0.4, 0.5) is 0 Å². The molecule has 118 valence electrons. The van der Waals surface area contributed by atoms with E-state index in [0.717, 1.165) is 11.3 Å². The molecular formula is C15H25N3O3. The lowest BCUT2D eigenvalue weighted by Crippen LogP contribution is -2.38. The first-order chi connectivity index (χ1) is 10.2. The van der Waals surface area contributed by atoms with Crippen molar-refractivity contribution < 1.29 is 14.3 Å². The number of carbonyl (C=O) groups is 1. The zero-order valence-corrected chi connectivity index (χ0v) is 12.8. The zero-order valence-electron chi connectivity index (χ0n) is 12.8. The molecule has 0 aromatic heterocycles. The van der Waals surface area contributed by atoms with E-state index in [0.29, 0.717) is 39.4 Å². The van der Waals surface area contributed by atoms with E-state index < -0.39 is 0 Å². The number of carbonyl (C=O) groups excluding carboxylic acids is 1. The van der Waals surface area contributed by atoms with Crippen LogP contribution in [0, 0.1) is 0 Å². The fourth-order valence-corrected chi connectivity index (χ4v) is 1.75. The van der Waals surface area contributed by atoms with E-state index in [1.807, 2.05) is 36.2 Å². The summed E-state index contributed by atoms with van der Waals surface area (Å²) in [5.74, 6) is 0.788. The molecule has 21 heavy (non-hydrogen) atoms. The van der Waals surface area contributed by atoms with Gasteiger partial charge in [-0.25, -0.2) is 0 Å². The van der Waals surface area contributed by atoms with Gasteiger partial charge in [0.1, 0.15) is 12.4 Å². The molecule has 6 nitrogen and oxygen atoms in total. The highest BCUT2D eigenvalue weighted by Gasteiger charge is 2.06.